The minimum Gasteiger partial charge on any atom is -0.351 e. The highest BCUT2D eigenvalue weighted by Gasteiger charge is 1.97. The molecule has 0 aliphatic rings. The van der Waals surface area contributed by atoms with Gasteiger partial charge in [-0.25, -0.2) is 0 Å². The molecular weight excluding hydrogens is 182 g/mol. The van der Waals surface area contributed by atoms with Gasteiger partial charge >= 0.3 is 0 Å². The summed E-state index contributed by atoms with van der Waals surface area (Å²) in [5.74, 6) is 0.606. The van der Waals surface area contributed by atoms with Gasteiger partial charge in [0.2, 0.25) is 0 Å². The smallest absolute Gasteiger partial charge is 0.0483 e. The molecule has 0 aliphatic heterocycles. The minimum absolute atomic E-state index is 0.606. The van der Waals surface area contributed by atoms with Crippen molar-refractivity contribution in [2.45, 2.75) is 13.8 Å². The van der Waals surface area contributed by atoms with Crippen molar-refractivity contribution < 1.29 is 0 Å². The highest BCUT2D eigenvalue weighted by molar-refractivity contribution is 5.82. The van der Waals surface area contributed by atoms with E-state index in [4.69, 9.17) is 0 Å². The molecule has 0 unspecified atom stereocenters. The molecule has 0 radical (unpaired) electrons. The molecule has 1 aromatic carbocycles. The van der Waals surface area contributed by atoms with Gasteiger partial charge in [0.25, 0.3) is 0 Å². The number of fused-ring (bicyclic) bond motifs is 1. The number of rotatable bonds is 2. The quantitative estimate of drug-likeness (QED) is 0.692. The van der Waals surface area contributed by atoms with Crippen molar-refractivity contribution in [1.82, 2.24) is 4.57 Å². The maximum atomic E-state index is 2.23. The van der Waals surface area contributed by atoms with E-state index in [1.54, 1.807) is 0 Å². The Hall–Kier alpha value is -1.50. The third-order valence-corrected chi connectivity index (χ3v) is 2.59. The molecule has 0 saturated carbocycles. The molecule has 1 aromatic heterocycles. The fourth-order valence-corrected chi connectivity index (χ4v) is 1.69. The zero-order valence-electron chi connectivity index (χ0n) is 9.57. The lowest BCUT2D eigenvalue weighted by molar-refractivity contribution is 0.836. The van der Waals surface area contributed by atoms with Crippen molar-refractivity contribution in [2.75, 3.05) is 0 Å². The molecule has 0 spiro atoms. The van der Waals surface area contributed by atoms with Crippen LogP contribution in [-0.2, 0) is 7.05 Å². The lowest BCUT2D eigenvalue weighted by Gasteiger charge is -1.99. The fourth-order valence-electron chi connectivity index (χ4n) is 1.69. The van der Waals surface area contributed by atoms with Crippen molar-refractivity contribution in [3.05, 3.63) is 42.1 Å². The molecule has 0 saturated heterocycles. The number of nitrogens with zero attached hydrogens (tertiary/aromatic N) is 1. The van der Waals surface area contributed by atoms with Crippen LogP contribution in [-0.4, -0.2) is 4.57 Å². The third kappa shape index (κ3) is 2.12. The van der Waals surface area contributed by atoms with Crippen LogP contribution < -0.4 is 0 Å². The normalized spacial score (nSPS) is 12.0. The molecule has 2 rings (SSSR count). The molecule has 0 amide bonds. The third-order valence-electron chi connectivity index (χ3n) is 2.59. The van der Waals surface area contributed by atoms with Crippen molar-refractivity contribution in [1.29, 1.82) is 0 Å². The second-order valence-electron chi connectivity index (χ2n) is 4.35. The molecule has 0 atom stereocenters. The van der Waals surface area contributed by atoms with E-state index in [0.29, 0.717) is 5.92 Å². The molecule has 0 aliphatic carbocycles. The van der Waals surface area contributed by atoms with E-state index in [1.165, 1.54) is 16.5 Å². The van der Waals surface area contributed by atoms with Crippen molar-refractivity contribution in [3.8, 4) is 0 Å². The van der Waals surface area contributed by atoms with E-state index in [1.807, 2.05) is 0 Å². The molecule has 0 N–H and O–H groups in total. The summed E-state index contributed by atoms with van der Waals surface area (Å²) < 4.78 is 2.15. The van der Waals surface area contributed by atoms with Gasteiger partial charge in [0.15, 0.2) is 0 Å². The van der Waals surface area contributed by atoms with Crippen LogP contribution in [0.4, 0.5) is 0 Å². The van der Waals surface area contributed by atoms with E-state index in [-0.39, 0.29) is 0 Å². The lowest BCUT2D eigenvalue weighted by Crippen LogP contribution is -1.84. The fraction of sp³-hybridized carbons (Fsp3) is 0.286. The number of hydrogen-bond acceptors (Lipinski definition) is 0. The Morgan fingerprint density at radius 1 is 1.20 bits per heavy atom. The van der Waals surface area contributed by atoms with Gasteiger partial charge in [-0.3, -0.25) is 0 Å². The van der Waals surface area contributed by atoms with Gasteiger partial charge in [-0.05, 0) is 29.0 Å². The summed E-state index contributed by atoms with van der Waals surface area (Å²) in [5.41, 5.74) is 2.57. The van der Waals surface area contributed by atoms with Crippen LogP contribution in [0.3, 0.4) is 0 Å². The zero-order valence-corrected chi connectivity index (χ0v) is 9.57. The topological polar surface area (TPSA) is 4.93 Å². The Morgan fingerprint density at radius 3 is 2.73 bits per heavy atom. The first-order valence-electron chi connectivity index (χ1n) is 5.40. The van der Waals surface area contributed by atoms with E-state index in [0.717, 1.165) is 0 Å². The van der Waals surface area contributed by atoms with Crippen molar-refractivity contribution >= 4 is 17.0 Å². The molecule has 15 heavy (non-hydrogen) atoms. The molecule has 1 heteroatoms. The second-order valence-corrected chi connectivity index (χ2v) is 4.35. The van der Waals surface area contributed by atoms with Gasteiger partial charge in [-0.1, -0.05) is 38.1 Å². The van der Waals surface area contributed by atoms with Crippen molar-refractivity contribution in [3.63, 3.8) is 0 Å². The maximum Gasteiger partial charge on any atom is 0.0483 e. The Balaban J connectivity index is 2.41. The summed E-state index contributed by atoms with van der Waals surface area (Å²) >= 11 is 0. The maximum absolute atomic E-state index is 2.23. The van der Waals surface area contributed by atoms with E-state index in [9.17, 15) is 0 Å². The Labute approximate surface area is 91.0 Å². The minimum atomic E-state index is 0.606. The van der Waals surface area contributed by atoms with Crippen LogP contribution in [0.5, 0.6) is 0 Å². The first-order valence-corrected chi connectivity index (χ1v) is 5.40. The molecule has 0 bridgehead atoms. The van der Waals surface area contributed by atoms with Crippen LogP contribution in [0.2, 0.25) is 0 Å². The molecule has 0 fully saturated rings. The van der Waals surface area contributed by atoms with Crippen LogP contribution in [0.15, 0.2) is 36.5 Å². The second kappa shape index (κ2) is 3.93. The zero-order chi connectivity index (χ0) is 10.8. The van der Waals surface area contributed by atoms with Crippen LogP contribution in [0, 0.1) is 5.92 Å². The number of aromatic nitrogens is 1. The van der Waals surface area contributed by atoms with Gasteiger partial charge in [0.1, 0.15) is 0 Å². The summed E-state index contributed by atoms with van der Waals surface area (Å²) in [4.78, 5) is 0. The van der Waals surface area contributed by atoms with Crippen molar-refractivity contribution in [2.24, 2.45) is 13.0 Å². The number of benzene rings is 1. The van der Waals surface area contributed by atoms with Crippen LogP contribution in [0.25, 0.3) is 17.0 Å². The average molecular weight is 199 g/mol. The largest absolute Gasteiger partial charge is 0.351 e. The number of aryl methyl sites for hydroxylation is 1. The Bertz CT molecular complexity index is 489. The first kappa shape index (κ1) is 10.0. The van der Waals surface area contributed by atoms with E-state index in [2.05, 4.69) is 68.1 Å². The predicted molar refractivity (Wildman–Crippen MR) is 66.8 cm³/mol. The van der Waals surface area contributed by atoms with Gasteiger partial charge < -0.3 is 4.57 Å². The first-order chi connectivity index (χ1) is 7.16. The lowest BCUT2D eigenvalue weighted by atomic mass is 10.1. The molecular formula is C14H17N. The van der Waals surface area contributed by atoms with Gasteiger partial charge in [-0.2, -0.15) is 0 Å². The van der Waals surface area contributed by atoms with E-state index >= 15 is 0 Å². The standard InChI is InChI=1S/C14H17N/c1-11(2)4-5-12-6-7-13-8-9-15(3)14(13)10-12/h4-11H,1-3H3/b5-4+. The van der Waals surface area contributed by atoms with Gasteiger partial charge in [0.05, 0.1) is 0 Å². The Morgan fingerprint density at radius 2 is 2.00 bits per heavy atom. The van der Waals surface area contributed by atoms with E-state index < -0.39 is 0 Å². The monoisotopic (exact) mass is 199 g/mol. The summed E-state index contributed by atoms with van der Waals surface area (Å²) in [6.45, 7) is 4.38. The summed E-state index contributed by atoms with van der Waals surface area (Å²) in [6, 6.07) is 8.72. The molecule has 1 heterocycles. The summed E-state index contributed by atoms with van der Waals surface area (Å²) in [5, 5.41) is 1.30. The SMILES string of the molecule is CC(C)/C=C/c1ccc2ccn(C)c2c1. The average Bonchev–Trinajstić information content (AvgIpc) is 2.57. The van der Waals surface area contributed by atoms with Gasteiger partial charge in [0, 0.05) is 18.8 Å². The van der Waals surface area contributed by atoms with Crippen LogP contribution >= 0.6 is 0 Å². The highest BCUT2D eigenvalue weighted by atomic mass is 14.9. The molecule has 1 nitrogen and oxygen atoms in total. The molecule has 78 valence electrons. The number of allylic oxidation sites excluding steroid dienone is 1. The summed E-state index contributed by atoms with van der Waals surface area (Å²) in [6.07, 6.45) is 6.52. The number of hydrogen-bond donors (Lipinski definition) is 0. The Kier molecular flexibility index (Phi) is 2.63. The summed E-state index contributed by atoms with van der Waals surface area (Å²) in [7, 11) is 2.08. The predicted octanol–water partition coefficient (Wildman–Crippen LogP) is 3.85. The van der Waals surface area contributed by atoms with Crippen LogP contribution in [0.1, 0.15) is 19.4 Å². The molecule has 2 aromatic rings. The highest BCUT2D eigenvalue weighted by Crippen LogP contribution is 2.17. The van der Waals surface area contributed by atoms with Gasteiger partial charge in [-0.15, -0.1) is 0 Å².